The zero-order valence-electron chi connectivity index (χ0n) is 8.88. The van der Waals surface area contributed by atoms with E-state index in [0.717, 1.165) is 18.2 Å². The number of nitro benzene ring substituents is 1. The smallest absolute Gasteiger partial charge is 0.273 e. The molecule has 0 aliphatic carbocycles. The number of hydrogen-bond donors (Lipinski definition) is 2. The van der Waals surface area contributed by atoms with E-state index in [1.165, 1.54) is 12.4 Å². The number of halogens is 1. The van der Waals surface area contributed by atoms with Crippen LogP contribution in [0.4, 0.5) is 16.0 Å². The molecule has 0 fully saturated rings. The van der Waals surface area contributed by atoms with Crippen LogP contribution in [0.1, 0.15) is 10.4 Å². The average Bonchev–Trinajstić information content (AvgIpc) is 2.80. The number of carbonyl (C=O) groups is 1. The third-order valence-electron chi connectivity index (χ3n) is 2.09. The molecule has 0 spiro atoms. The molecule has 2 rings (SSSR count). The van der Waals surface area contributed by atoms with Crippen LogP contribution in [0.25, 0.3) is 0 Å². The number of H-pyrrole nitrogens is 1. The summed E-state index contributed by atoms with van der Waals surface area (Å²) in [5.74, 6) is -1.37. The fraction of sp³-hybridized carbons (Fsp3) is 0. The van der Waals surface area contributed by atoms with Crippen molar-refractivity contribution in [1.82, 2.24) is 9.97 Å². The second-order valence-corrected chi connectivity index (χ2v) is 3.35. The Bertz CT molecular complexity index is 597. The van der Waals surface area contributed by atoms with E-state index in [4.69, 9.17) is 0 Å². The second kappa shape index (κ2) is 4.62. The van der Waals surface area contributed by atoms with Crippen LogP contribution in [0.3, 0.4) is 0 Å². The van der Waals surface area contributed by atoms with Crippen LogP contribution < -0.4 is 5.32 Å². The molecule has 92 valence electrons. The summed E-state index contributed by atoms with van der Waals surface area (Å²) in [5, 5.41) is 12.9. The Hall–Kier alpha value is -2.77. The molecule has 0 aliphatic heterocycles. The number of nitrogens with zero attached hydrogens (tertiary/aromatic N) is 2. The van der Waals surface area contributed by atoms with Gasteiger partial charge in [0, 0.05) is 24.0 Å². The van der Waals surface area contributed by atoms with Crippen LogP contribution in [-0.4, -0.2) is 20.8 Å². The Labute approximate surface area is 99.8 Å². The molecule has 0 atom stereocenters. The minimum absolute atomic E-state index is 0.155. The number of imidazole rings is 1. The number of benzene rings is 1. The molecule has 1 amide bonds. The lowest BCUT2D eigenvalue weighted by Gasteiger charge is -2.02. The summed E-state index contributed by atoms with van der Waals surface area (Å²) in [5.41, 5.74) is -0.641. The van der Waals surface area contributed by atoms with Crippen LogP contribution in [0, 0.1) is 15.9 Å². The molecule has 1 aromatic heterocycles. The number of aromatic amines is 1. The number of nitrogens with one attached hydrogen (secondary N) is 2. The van der Waals surface area contributed by atoms with E-state index >= 15 is 0 Å². The molecule has 1 aromatic carbocycles. The van der Waals surface area contributed by atoms with E-state index in [1.807, 2.05) is 0 Å². The lowest BCUT2D eigenvalue weighted by Crippen LogP contribution is -2.13. The molecule has 0 saturated heterocycles. The minimum Gasteiger partial charge on any atom is -0.331 e. The molecule has 2 N–H and O–H groups in total. The highest BCUT2D eigenvalue weighted by molar-refractivity contribution is 6.03. The van der Waals surface area contributed by atoms with E-state index in [0.29, 0.717) is 0 Å². The van der Waals surface area contributed by atoms with E-state index in [-0.39, 0.29) is 11.5 Å². The van der Waals surface area contributed by atoms with E-state index < -0.39 is 22.3 Å². The maximum Gasteiger partial charge on any atom is 0.273 e. The van der Waals surface area contributed by atoms with Crippen molar-refractivity contribution in [1.29, 1.82) is 0 Å². The molecule has 0 aliphatic rings. The summed E-state index contributed by atoms with van der Waals surface area (Å²) >= 11 is 0. The number of hydrogen-bond acceptors (Lipinski definition) is 4. The lowest BCUT2D eigenvalue weighted by molar-refractivity contribution is -0.385. The van der Waals surface area contributed by atoms with Gasteiger partial charge in [0.2, 0.25) is 5.95 Å². The van der Waals surface area contributed by atoms with Gasteiger partial charge < -0.3 is 4.98 Å². The van der Waals surface area contributed by atoms with Crippen molar-refractivity contribution in [3.8, 4) is 0 Å². The van der Waals surface area contributed by atoms with Crippen molar-refractivity contribution in [2.45, 2.75) is 0 Å². The normalized spacial score (nSPS) is 10.1. The SMILES string of the molecule is O=C(Nc1ncc[nH]1)c1cc(F)cc([N+](=O)[O-])c1. The maximum absolute atomic E-state index is 13.1. The summed E-state index contributed by atoms with van der Waals surface area (Å²) in [6, 6.07) is 2.64. The number of amides is 1. The summed E-state index contributed by atoms with van der Waals surface area (Å²) in [6.07, 6.45) is 2.91. The molecule has 0 radical (unpaired) electrons. The number of rotatable bonds is 3. The number of anilines is 1. The third-order valence-corrected chi connectivity index (χ3v) is 2.09. The molecule has 8 heteroatoms. The van der Waals surface area contributed by atoms with Crippen molar-refractivity contribution in [3.05, 3.63) is 52.1 Å². The van der Waals surface area contributed by atoms with Gasteiger partial charge in [-0.05, 0) is 6.07 Å². The molecular formula is C10H7FN4O3. The molecule has 0 bridgehead atoms. The number of non-ortho nitro benzene ring substituents is 1. The van der Waals surface area contributed by atoms with Gasteiger partial charge in [0.15, 0.2) is 0 Å². The molecule has 1 heterocycles. The molecular weight excluding hydrogens is 243 g/mol. The van der Waals surface area contributed by atoms with Crippen LogP contribution in [0.15, 0.2) is 30.6 Å². The Balaban J connectivity index is 2.27. The fourth-order valence-corrected chi connectivity index (χ4v) is 1.32. The van der Waals surface area contributed by atoms with Gasteiger partial charge in [0.05, 0.1) is 11.0 Å². The van der Waals surface area contributed by atoms with Gasteiger partial charge in [0.25, 0.3) is 11.6 Å². The Morgan fingerprint density at radius 2 is 2.22 bits per heavy atom. The first kappa shape index (κ1) is 11.7. The van der Waals surface area contributed by atoms with Crippen molar-refractivity contribution in [3.63, 3.8) is 0 Å². The van der Waals surface area contributed by atoms with Gasteiger partial charge in [0.1, 0.15) is 5.82 Å². The van der Waals surface area contributed by atoms with Crippen LogP contribution in [0.2, 0.25) is 0 Å². The van der Waals surface area contributed by atoms with Crippen LogP contribution in [-0.2, 0) is 0 Å². The van der Waals surface area contributed by atoms with Gasteiger partial charge in [-0.25, -0.2) is 9.37 Å². The number of carbonyl (C=O) groups excluding carboxylic acids is 1. The van der Waals surface area contributed by atoms with E-state index in [2.05, 4.69) is 15.3 Å². The van der Waals surface area contributed by atoms with Gasteiger partial charge >= 0.3 is 0 Å². The predicted octanol–water partition coefficient (Wildman–Crippen LogP) is 1.71. The highest BCUT2D eigenvalue weighted by Gasteiger charge is 2.15. The van der Waals surface area contributed by atoms with Gasteiger partial charge in [-0.2, -0.15) is 0 Å². The number of aromatic nitrogens is 2. The fourth-order valence-electron chi connectivity index (χ4n) is 1.32. The monoisotopic (exact) mass is 250 g/mol. The maximum atomic E-state index is 13.1. The Morgan fingerprint density at radius 3 is 2.83 bits per heavy atom. The quantitative estimate of drug-likeness (QED) is 0.639. The first-order valence-electron chi connectivity index (χ1n) is 4.82. The largest absolute Gasteiger partial charge is 0.331 e. The van der Waals surface area contributed by atoms with Gasteiger partial charge in [-0.15, -0.1) is 0 Å². The highest BCUT2D eigenvalue weighted by Crippen LogP contribution is 2.17. The van der Waals surface area contributed by atoms with Gasteiger partial charge in [-0.3, -0.25) is 20.2 Å². The lowest BCUT2D eigenvalue weighted by atomic mass is 10.2. The van der Waals surface area contributed by atoms with Crippen molar-refractivity contribution < 1.29 is 14.1 Å². The van der Waals surface area contributed by atoms with Gasteiger partial charge in [-0.1, -0.05) is 0 Å². The van der Waals surface area contributed by atoms with Crippen LogP contribution >= 0.6 is 0 Å². The van der Waals surface area contributed by atoms with E-state index in [9.17, 15) is 19.3 Å². The van der Waals surface area contributed by atoms with E-state index in [1.54, 1.807) is 0 Å². The van der Waals surface area contributed by atoms with Crippen molar-refractivity contribution >= 4 is 17.5 Å². The average molecular weight is 250 g/mol. The summed E-state index contributed by atoms with van der Waals surface area (Å²) < 4.78 is 13.1. The highest BCUT2D eigenvalue weighted by atomic mass is 19.1. The number of nitro groups is 1. The Morgan fingerprint density at radius 1 is 1.44 bits per heavy atom. The molecule has 7 nitrogen and oxygen atoms in total. The predicted molar refractivity (Wildman–Crippen MR) is 59.6 cm³/mol. The minimum atomic E-state index is -0.853. The molecule has 0 saturated carbocycles. The summed E-state index contributed by atoms with van der Waals surface area (Å²) in [7, 11) is 0. The standard InChI is InChI=1S/C10H7FN4O3/c11-7-3-6(4-8(5-7)15(17)18)9(16)14-10-12-1-2-13-10/h1-5H,(H2,12,13,14,16). The van der Waals surface area contributed by atoms with Crippen molar-refractivity contribution in [2.75, 3.05) is 5.32 Å². The molecule has 18 heavy (non-hydrogen) atoms. The third kappa shape index (κ3) is 2.48. The topological polar surface area (TPSA) is 101 Å². The second-order valence-electron chi connectivity index (χ2n) is 3.35. The zero-order valence-corrected chi connectivity index (χ0v) is 8.88. The van der Waals surface area contributed by atoms with Crippen molar-refractivity contribution in [2.24, 2.45) is 0 Å². The first-order chi connectivity index (χ1) is 8.56. The summed E-state index contributed by atoms with van der Waals surface area (Å²) in [4.78, 5) is 27.8. The summed E-state index contributed by atoms with van der Waals surface area (Å²) in [6.45, 7) is 0. The molecule has 0 unspecified atom stereocenters. The zero-order chi connectivity index (χ0) is 13.1. The first-order valence-corrected chi connectivity index (χ1v) is 4.82. The molecule has 2 aromatic rings. The van der Waals surface area contributed by atoms with Crippen LogP contribution in [0.5, 0.6) is 0 Å². The Kier molecular flexibility index (Phi) is 3.00.